The van der Waals surface area contributed by atoms with Gasteiger partial charge in [-0.3, -0.25) is 4.79 Å². The van der Waals surface area contributed by atoms with Crippen LogP contribution in [0, 0.1) is 0 Å². The fraction of sp³-hybridized carbons (Fsp3) is 0.222. The van der Waals surface area contributed by atoms with E-state index < -0.39 is 5.97 Å². The minimum atomic E-state index is -0.842. The molecule has 3 N–H and O–H groups in total. The lowest BCUT2D eigenvalue weighted by molar-refractivity contribution is -0.136. The van der Waals surface area contributed by atoms with E-state index in [9.17, 15) is 4.79 Å². The predicted molar refractivity (Wildman–Crippen MR) is 54.8 cm³/mol. The van der Waals surface area contributed by atoms with Gasteiger partial charge in [0.15, 0.2) is 0 Å². The summed E-state index contributed by atoms with van der Waals surface area (Å²) in [6.45, 7) is 0. The first-order valence-electron chi connectivity index (χ1n) is 3.78. The van der Waals surface area contributed by atoms with Crippen LogP contribution in [0.25, 0.3) is 0 Å². The van der Waals surface area contributed by atoms with E-state index in [0.29, 0.717) is 11.0 Å². The number of alkyl halides is 1. The van der Waals surface area contributed by atoms with Crippen molar-refractivity contribution in [3.05, 3.63) is 29.3 Å². The molecule has 1 rings (SSSR count). The summed E-state index contributed by atoms with van der Waals surface area (Å²) in [4.78, 5) is 10.4. The van der Waals surface area contributed by atoms with Crippen LogP contribution in [0.2, 0.25) is 0 Å². The maximum Gasteiger partial charge on any atom is 0.307 e. The fourth-order valence-corrected chi connectivity index (χ4v) is 1.56. The van der Waals surface area contributed by atoms with Crippen molar-refractivity contribution in [1.82, 2.24) is 0 Å². The van der Waals surface area contributed by atoms with Gasteiger partial charge in [0.2, 0.25) is 0 Å². The van der Waals surface area contributed by atoms with Gasteiger partial charge in [-0.05, 0) is 17.2 Å². The second-order valence-electron chi connectivity index (χ2n) is 2.74. The van der Waals surface area contributed by atoms with Crippen molar-refractivity contribution < 1.29 is 9.90 Å². The van der Waals surface area contributed by atoms with Gasteiger partial charge >= 0.3 is 5.97 Å². The van der Waals surface area contributed by atoms with E-state index in [1.54, 1.807) is 12.1 Å². The second-order valence-corrected chi connectivity index (χ2v) is 3.30. The molecule has 0 fully saturated rings. The Morgan fingerprint density at radius 2 is 2.23 bits per heavy atom. The smallest absolute Gasteiger partial charge is 0.307 e. The molecule has 3 nitrogen and oxygen atoms in total. The van der Waals surface area contributed by atoms with Crippen molar-refractivity contribution in [2.45, 2.75) is 11.8 Å². The molecular weight excluding hydrogens is 234 g/mol. The lowest BCUT2D eigenvalue weighted by Crippen LogP contribution is -2.01. The third kappa shape index (κ3) is 2.73. The number of rotatable bonds is 3. The normalized spacial score (nSPS) is 9.92. The number of hydrogen-bond acceptors (Lipinski definition) is 2. The number of benzene rings is 1. The quantitative estimate of drug-likeness (QED) is 0.629. The molecule has 0 radical (unpaired) electrons. The summed E-state index contributed by atoms with van der Waals surface area (Å²) in [5, 5.41) is 9.22. The Kier molecular flexibility index (Phi) is 3.31. The summed E-state index contributed by atoms with van der Waals surface area (Å²) in [6.07, 6.45) is 0.0206. The van der Waals surface area contributed by atoms with Gasteiger partial charge in [0.25, 0.3) is 0 Å². The molecular formula is C9H10BrNO2. The molecule has 0 aliphatic rings. The molecule has 0 saturated carbocycles. The van der Waals surface area contributed by atoms with E-state index in [-0.39, 0.29) is 6.42 Å². The molecule has 4 heteroatoms. The number of nitrogen functional groups attached to an aromatic ring is 1. The number of carboxylic acids is 1. The number of carbonyl (C=O) groups is 1. The lowest BCUT2D eigenvalue weighted by atomic mass is 10.1. The van der Waals surface area contributed by atoms with Crippen molar-refractivity contribution in [2.75, 3.05) is 5.73 Å². The van der Waals surface area contributed by atoms with Crippen molar-refractivity contribution in [3.63, 3.8) is 0 Å². The van der Waals surface area contributed by atoms with Crippen LogP contribution in [0.5, 0.6) is 0 Å². The topological polar surface area (TPSA) is 63.3 Å². The monoisotopic (exact) mass is 243 g/mol. The molecule has 13 heavy (non-hydrogen) atoms. The molecule has 0 amide bonds. The van der Waals surface area contributed by atoms with Gasteiger partial charge in [-0.25, -0.2) is 0 Å². The maximum atomic E-state index is 10.4. The first-order valence-corrected chi connectivity index (χ1v) is 4.90. The Morgan fingerprint density at radius 3 is 2.69 bits per heavy atom. The van der Waals surface area contributed by atoms with E-state index in [2.05, 4.69) is 15.9 Å². The number of halogens is 1. The average molecular weight is 244 g/mol. The highest BCUT2D eigenvalue weighted by Gasteiger charge is 2.03. The summed E-state index contributed by atoms with van der Waals surface area (Å²) in [7, 11) is 0. The van der Waals surface area contributed by atoms with Gasteiger partial charge in [-0.15, -0.1) is 0 Å². The first kappa shape index (κ1) is 10.1. The highest BCUT2D eigenvalue weighted by molar-refractivity contribution is 9.08. The summed E-state index contributed by atoms with van der Waals surface area (Å²) >= 11 is 3.29. The van der Waals surface area contributed by atoms with Gasteiger partial charge in [-0.1, -0.05) is 28.1 Å². The van der Waals surface area contributed by atoms with Crippen LogP contribution in [-0.2, 0) is 16.5 Å². The number of anilines is 1. The van der Waals surface area contributed by atoms with Crippen LogP contribution in [0.4, 0.5) is 5.69 Å². The van der Waals surface area contributed by atoms with Crippen molar-refractivity contribution in [3.8, 4) is 0 Å². The highest BCUT2D eigenvalue weighted by Crippen LogP contribution is 2.17. The maximum absolute atomic E-state index is 10.4. The van der Waals surface area contributed by atoms with Gasteiger partial charge in [0, 0.05) is 11.0 Å². The van der Waals surface area contributed by atoms with Gasteiger partial charge in [0.05, 0.1) is 6.42 Å². The van der Waals surface area contributed by atoms with Crippen LogP contribution in [0.1, 0.15) is 11.1 Å². The molecule has 0 bridgehead atoms. The van der Waals surface area contributed by atoms with E-state index in [1.807, 2.05) is 6.07 Å². The summed E-state index contributed by atoms with van der Waals surface area (Å²) in [5.41, 5.74) is 8.03. The summed E-state index contributed by atoms with van der Waals surface area (Å²) < 4.78 is 0. The SMILES string of the molecule is Nc1cc(CC(=O)O)ccc1CBr. The first-order chi connectivity index (χ1) is 6.13. The fourth-order valence-electron chi connectivity index (χ4n) is 1.05. The zero-order chi connectivity index (χ0) is 9.84. The van der Waals surface area contributed by atoms with Gasteiger partial charge < -0.3 is 10.8 Å². The molecule has 0 spiro atoms. The molecule has 0 heterocycles. The Balaban J connectivity index is 2.89. The lowest BCUT2D eigenvalue weighted by Gasteiger charge is -2.03. The molecule has 0 atom stereocenters. The largest absolute Gasteiger partial charge is 0.481 e. The molecule has 0 unspecified atom stereocenters. The average Bonchev–Trinajstić information content (AvgIpc) is 2.03. The van der Waals surface area contributed by atoms with E-state index in [1.165, 1.54) is 0 Å². The molecule has 0 saturated heterocycles. The molecule has 0 aliphatic carbocycles. The van der Waals surface area contributed by atoms with Crippen molar-refractivity contribution in [2.24, 2.45) is 0 Å². The minimum Gasteiger partial charge on any atom is -0.481 e. The second kappa shape index (κ2) is 4.28. The van der Waals surface area contributed by atoms with E-state index in [4.69, 9.17) is 10.8 Å². The minimum absolute atomic E-state index is 0.0206. The highest BCUT2D eigenvalue weighted by atomic mass is 79.9. The Morgan fingerprint density at radius 1 is 1.54 bits per heavy atom. The number of nitrogens with two attached hydrogens (primary N) is 1. The zero-order valence-electron chi connectivity index (χ0n) is 6.96. The molecule has 0 aliphatic heterocycles. The van der Waals surface area contributed by atoms with Crippen LogP contribution >= 0.6 is 15.9 Å². The summed E-state index contributed by atoms with van der Waals surface area (Å²) in [6, 6.07) is 5.31. The molecule has 70 valence electrons. The third-order valence-corrected chi connectivity index (χ3v) is 2.31. The van der Waals surface area contributed by atoms with E-state index >= 15 is 0 Å². The van der Waals surface area contributed by atoms with Crippen molar-refractivity contribution in [1.29, 1.82) is 0 Å². The van der Waals surface area contributed by atoms with Crippen molar-refractivity contribution >= 4 is 27.6 Å². The van der Waals surface area contributed by atoms with Crippen LogP contribution < -0.4 is 5.73 Å². The van der Waals surface area contributed by atoms with Crippen LogP contribution in [0.15, 0.2) is 18.2 Å². The standard InChI is InChI=1S/C9H10BrNO2/c10-5-7-2-1-6(3-8(7)11)4-9(12)13/h1-3H,4-5,11H2,(H,12,13). The van der Waals surface area contributed by atoms with Gasteiger partial charge in [0.1, 0.15) is 0 Å². The molecule has 0 aromatic heterocycles. The molecule has 1 aromatic rings. The zero-order valence-corrected chi connectivity index (χ0v) is 8.54. The Labute approximate surface area is 84.7 Å². The Hall–Kier alpha value is -1.03. The van der Waals surface area contributed by atoms with Gasteiger partial charge in [-0.2, -0.15) is 0 Å². The van der Waals surface area contributed by atoms with Crippen LogP contribution in [0.3, 0.4) is 0 Å². The number of hydrogen-bond donors (Lipinski definition) is 2. The Bertz CT molecular complexity index is 325. The van der Waals surface area contributed by atoms with E-state index in [0.717, 1.165) is 11.1 Å². The summed E-state index contributed by atoms with van der Waals surface area (Å²) in [5.74, 6) is -0.842. The third-order valence-electron chi connectivity index (χ3n) is 1.71. The molecule has 1 aromatic carbocycles. The van der Waals surface area contributed by atoms with Crippen LogP contribution in [-0.4, -0.2) is 11.1 Å². The predicted octanol–water partition coefficient (Wildman–Crippen LogP) is 1.79. The number of aliphatic carboxylic acids is 1. The number of carboxylic acid groups (broad SMARTS) is 1.